The van der Waals surface area contributed by atoms with Crippen molar-refractivity contribution in [2.24, 2.45) is 4.99 Å². The molecule has 1 fully saturated rings. The number of nitrogens with one attached hydrogen (secondary N) is 2. The van der Waals surface area contributed by atoms with Crippen molar-refractivity contribution >= 4 is 27.7 Å². The molecule has 1 saturated heterocycles. The molecule has 9 nitrogen and oxygen atoms in total. The SMILES string of the molecule is CCNC(=NCCS(=O)(=O)N1CCSCC1)NC1CCc2nc(C(C)C)nn2C1. The Morgan fingerprint density at radius 3 is 2.79 bits per heavy atom. The lowest BCUT2D eigenvalue weighted by molar-refractivity contribution is 0.391. The van der Waals surface area contributed by atoms with Gasteiger partial charge in [-0.3, -0.25) is 4.99 Å². The monoisotopic (exact) mass is 443 g/mol. The van der Waals surface area contributed by atoms with Gasteiger partial charge in [0.15, 0.2) is 11.8 Å². The van der Waals surface area contributed by atoms with Gasteiger partial charge in [-0.15, -0.1) is 0 Å². The highest BCUT2D eigenvalue weighted by Gasteiger charge is 2.25. The molecule has 1 aromatic rings. The van der Waals surface area contributed by atoms with Crippen LogP contribution in [0.4, 0.5) is 0 Å². The highest BCUT2D eigenvalue weighted by molar-refractivity contribution is 7.99. The molecule has 0 bridgehead atoms. The van der Waals surface area contributed by atoms with Gasteiger partial charge in [-0.05, 0) is 13.3 Å². The molecule has 164 valence electrons. The molecule has 3 heterocycles. The molecular formula is C18H33N7O2S2. The number of thioether (sulfide) groups is 1. The van der Waals surface area contributed by atoms with Gasteiger partial charge in [0.1, 0.15) is 5.82 Å². The van der Waals surface area contributed by atoms with E-state index in [1.807, 2.05) is 11.6 Å². The lowest BCUT2D eigenvalue weighted by atomic mass is 10.1. The maximum absolute atomic E-state index is 12.5. The molecule has 0 saturated carbocycles. The van der Waals surface area contributed by atoms with Crippen molar-refractivity contribution in [3.8, 4) is 0 Å². The van der Waals surface area contributed by atoms with Gasteiger partial charge >= 0.3 is 0 Å². The molecule has 0 radical (unpaired) electrons. The highest BCUT2D eigenvalue weighted by Crippen LogP contribution is 2.17. The molecular weight excluding hydrogens is 410 g/mol. The molecule has 11 heteroatoms. The summed E-state index contributed by atoms with van der Waals surface area (Å²) in [5.41, 5.74) is 0. The van der Waals surface area contributed by atoms with Crippen LogP contribution in [0.3, 0.4) is 0 Å². The van der Waals surface area contributed by atoms with Gasteiger partial charge in [0.25, 0.3) is 0 Å². The minimum absolute atomic E-state index is 0.0455. The predicted octanol–water partition coefficient (Wildman–Crippen LogP) is 0.650. The van der Waals surface area contributed by atoms with E-state index in [1.165, 1.54) is 0 Å². The fourth-order valence-corrected chi connectivity index (χ4v) is 5.88. The number of aryl methyl sites for hydroxylation is 1. The van der Waals surface area contributed by atoms with E-state index in [4.69, 9.17) is 0 Å². The minimum atomic E-state index is -3.24. The second-order valence-corrected chi connectivity index (χ2v) is 11.0. The van der Waals surface area contributed by atoms with Gasteiger partial charge in [-0.2, -0.15) is 16.9 Å². The van der Waals surface area contributed by atoms with Crippen LogP contribution in [0, 0.1) is 0 Å². The first-order valence-electron chi connectivity index (χ1n) is 10.4. The van der Waals surface area contributed by atoms with Crippen LogP contribution < -0.4 is 10.6 Å². The van der Waals surface area contributed by atoms with Gasteiger partial charge in [0, 0.05) is 49.5 Å². The van der Waals surface area contributed by atoms with Crippen molar-refractivity contribution in [3.05, 3.63) is 11.6 Å². The summed E-state index contributed by atoms with van der Waals surface area (Å²) in [4.78, 5) is 9.14. The van der Waals surface area contributed by atoms with Crippen LogP contribution in [-0.2, 0) is 23.0 Å². The van der Waals surface area contributed by atoms with E-state index in [2.05, 4.69) is 39.6 Å². The number of rotatable bonds is 7. The molecule has 1 aromatic heterocycles. The number of sulfonamides is 1. The molecule has 1 unspecified atom stereocenters. The summed E-state index contributed by atoms with van der Waals surface area (Å²) >= 11 is 1.80. The molecule has 2 N–H and O–H groups in total. The van der Waals surface area contributed by atoms with Gasteiger partial charge in [0.2, 0.25) is 10.0 Å². The lowest BCUT2D eigenvalue weighted by Crippen LogP contribution is -2.47. The second-order valence-electron chi connectivity index (χ2n) is 7.69. The normalized spacial score (nSPS) is 21.2. The topological polar surface area (TPSA) is 105 Å². The van der Waals surface area contributed by atoms with E-state index in [0.29, 0.717) is 25.0 Å². The van der Waals surface area contributed by atoms with Crippen molar-refractivity contribution < 1.29 is 8.42 Å². The minimum Gasteiger partial charge on any atom is -0.357 e. The summed E-state index contributed by atoms with van der Waals surface area (Å²) in [6.07, 6.45) is 1.82. The molecule has 2 aliphatic rings. The zero-order chi connectivity index (χ0) is 20.9. The summed E-state index contributed by atoms with van der Waals surface area (Å²) in [5.74, 6) is 4.70. The van der Waals surface area contributed by atoms with Gasteiger partial charge < -0.3 is 10.6 Å². The van der Waals surface area contributed by atoms with E-state index in [9.17, 15) is 8.42 Å². The summed E-state index contributed by atoms with van der Waals surface area (Å²) in [5, 5.41) is 11.3. The molecule has 0 spiro atoms. The standard InChI is InChI=1S/C18H33N7O2S2/c1-4-19-18(20-7-12-29(26,27)24-8-10-28-11-9-24)21-15-5-6-16-22-17(14(2)3)23-25(16)13-15/h14-15H,4-13H2,1-3H3,(H2,19,20,21). The van der Waals surface area contributed by atoms with Crippen molar-refractivity contribution in [1.82, 2.24) is 29.7 Å². The molecule has 0 aliphatic carbocycles. The Hall–Kier alpha value is -1.33. The van der Waals surface area contributed by atoms with E-state index in [0.717, 1.165) is 49.1 Å². The Kier molecular flexibility index (Phi) is 7.80. The van der Waals surface area contributed by atoms with E-state index >= 15 is 0 Å². The molecule has 0 amide bonds. The van der Waals surface area contributed by atoms with Crippen molar-refractivity contribution in [1.29, 1.82) is 0 Å². The maximum Gasteiger partial charge on any atom is 0.215 e. The smallest absolute Gasteiger partial charge is 0.215 e. The van der Waals surface area contributed by atoms with Gasteiger partial charge in [0.05, 0.1) is 18.8 Å². The quantitative estimate of drug-likeness (QED) is 0.471. The Morgan fingerprint density at radius 2 is 2.10 bits per heavy atom. The zero-order valence-electron chi connectivity index (χ0n) is 17.6. The fraction of sp³-hybridized carbons (Fsp3) is 0.833. The van der Waals surface area contributed by atoms with Crippen LogP contribution in [0.15, 0.2) is 4.99 Å². The second kappa shape index (κ2) is 10.1. The zero-order valence-corrected chi connectivity index (χ0v) is 19.2. The molecule has 2 aliphatic heterocycles. The highest BCUT2D eigenvalue weighted by atomic mass is 32.2. The average molecular weight is 444 g/mol. The van der Waals surface area contributed by atoms with E-state index in [1.54, 1.807) is 16.1 Å². The van der Waals surface area contributed by atoms with Crippen LogP contribution in [0.1, 0.15) is 44.8 Å². The number of guanidine groups is 1. The Labute approximate surface area is 178 Å². The number of hydrogen-bond donors (Lipinski definition) is 2. The van der Waals surface area contributed by atoms with Crippen molar-refractivity contribution in [3.63, 3.8) is 0 Å². The lowest BCUT2D eigenvalue weighted by Gasteiger charge is -2.26. The number of aliphatic imine (C=N–C) groups is 1. The molecule has 1 atom stereocenters. The van der Waals surface area contributed by atoms with Crippen LogP contribution in [0.2, 0.25) is 0 Å². The van der Waals surface area contributed by atoms with Crippen molar-refractivity contribution in [2.75, 3.05) is 43.4 Å². The van der Waals surface area contributed by atoms with Crippen molar-refractivity contribution in [2.45, 2.75) is 52.1 Å². The first kappa shape index (κ1) is 22.4. The Balaban J connectivity index is 1.56. The molecule has 3 rings (SSSR count). The van der Waals surface area contributed by atoms with Gasteiger partial charge in [-0.25, -0.2) is 22.4 Å². The summed E-state index contributed by atoms with van der Waals surface area (Å²) in [6.45, 7) is 9.13. The third kappa shape index (κ3) is 6.08. The predicted molar refractivity (Wildman–Crippen MR) is 118 cm³/mol. The van der Waals surface area contributed by atoms with Crippen LogP contribution in [-0.4, -0.2) is 82.9 Å². The largest absolute Gasteiger partial charge is 0.357 e. The van der Waals surface area contributed by atoms with Crippen LogP contribution in [0.25, 0.3) is 0 Å². The number of nitrogens with zero attached hydrogens (tertiary/aromatic N) is 5. The van der Waals surface area contributed by atoms with Gasteiger partial charge in [-0.1, -0.05) is 13.8 Å². The summed E-state index contributed by atoms with van der Waals surface area (Å²) < 4.78 is 28.6. The van der Waals surface area contributed by atoms with Crippen LogP contribution >= 0.6 is 11.8 Å². The number of hydrogen-bond acceptors (Lipinski definition) is 6. The third-order valence-corrected chi connectivity index (χ3v) is 7.85. The van der Waals surface area contributed by atoms with E-state index in [-0.39, 0.29) is 18.3 Å². The Bertz CT molecular complexity index is 801. The fourth-order valence-electron chi connectivity index (χ4n) is 3.43. The summed E-state index contributed by atoms with van der Waals surface area (Å²) in [7, 11) is -3.24. The third-order valence-electron chi connectivity index (χ3n) is 5.06. The number of fused-ring (bicyclic) bond motifs is 1. The first-order valence-corrected chi connectivity index (χ1v) is 13.2. The molecule has 29 heavy (non-hydrogen) atoms. The first-order chi connectivity index (χ1) is 13.9. The Morgan fingerprint density at radius 1 is 1.34 bits per heavy atom. The van der Waals surface area contributed by atoms with Crippen LogP contribution in [0.5, 0.6) is 0 Å². The average Bonchev–Trinajstić information content (AvgIpc) is 3.12. The summed E-state index contributed by atoms with van der Waals surface area (Å²) in [6, 6.07) is 0.192. The maximum atomic E-state index is 12.5. The number of aromatic nitrogens is 3. The molecule has 0 aromatic carbocycles. The van der Waals surface area contributed by atoms with E-state index < -0.39 is 10.0 Å².